The Hall–Kier alpha value is -3.07. The van der Waals surface area contributed by atoms with E-state index in [9.17, 15) is 14.4 Å². The zero-order valence-electron chi connectivity index (χ0n) is 15.6. The van der Waals surface area contributed by atoms with E-state index in [1.807, 2.05) is 6.07 Å². The minimum Gasteiger partial charge on any atom is -0.336 e. The minimum absolute atomic E-state index is 0.0345. The summed E-state index contributed by atoms with van der Waals surface area (Å²) >= 11 is 1.42. The molecule has 1 aromatic carbocycles. The molecule has 3 heterocycles. The van der Waals surface area contributed by atoms with Gasteiger partial charge in [-0.05, 0) is 25.0 Å². The molecule has 0 unspecified atom stereocenters. The second kappa shape index (κ2) is 7.07. The molecular formula is C20H19N5O3S. The summed E-state index contributed by atoms with van der Waals surface area (Å²) in [7, 11) is 0. The fourth-order valence-electron chi connectivity index (χ4n) is 3.48. The number of fused-ring (bicyclic) bond motifs is 2. The lowest BCUT2D eigenvalue weighted by molar-refractivity contribution is -0.132. The number of aromatic nitrogens is 3. The number of rotatable bonds is 4. The van der Waals surface area contributed by atoms with E-state index in [1.54, 1.807) is 23.1 Å². The molecule has 29 heavy (non-hydrogen) atoms. The van der Waals surface area contributed by atoms with Crippen LogP contribution in [0.3, 0.4) is 0 Å². The van der Waals surface area contributed by atoms with Gasteiger partial charge in [-0.3, -0.25) is 19.0 Å². The van der Waals surface area contributed by atoms with Gasteiger partial charge in [-0.15, -0.1) is 0 Å². The predicted octanol–water partition coefficient (Wildman–Crippen LogP) is 1.79. The number of anilines is 1. The highest BCUT2D eigenvalue weighted by Gasteiger charge is 2.31. The van der Waals surface area contributed by atoms with E-state index in [1.165, 1.54) is 22.2 Å². The van der Waals surface area contributed by atoms with Gasteiger partial charge < -0.3 is 10.2 Å². The van der Waals surface area contributed by atoms with Crippen LogP contribution in [0.1, 0.15) is 23.4 Å². The van der Waals surface area contributed by atoms with Crippen molar-refractivity contribution in [2.75, 3.05) is 11.9 Å². The normalized spacial score (nSPS) is 15.9. The molecule has 1 N–H and O–H groups in total. The van der Waals surface area contributed by atoms with Crippen LogP contribution >= 0.6 is 11.3 Å². The van der Waals surface area contributed by atoms with Crippen LogP contribution in [0, 0.1) is 5.92 Å². The van der Waals surface area contributed by atoms with Crippen molar-refractivity contribution in [1.82, 2.24) is 19.4 Å². The number of benzene rings is 1. The first-order chi connectivity index (χ1) is 14.1. The summed E-state index contributed by atoms with van der Waals surface area (Å²) in [5, 5.41) is 3.99. The van der Waals surface area contributed by atoms with Gasteiger partial charge in [0.1, 0.15) is 6.54 Å². The van der Waals surface area contributed by atoms with Gasteiger partial charge in [0, 0.05) is 23.8 Å². The summed E-state index contributed by atoms with van der Waals surface area (Å²) < 4.78 is 1.36. The maximum atomic E-state index is 12.8. The van der Waals surface area contributed by atoms with Crippen molar-refractivity contribution in [1.29, 1.82) is 0 Å². The number of para-hydroxylation sites is 1. The van der Waals surface area contributed by atoms with Crippen molar-refractivity contribution in [2.45, 2.75) is 32.4 Å². The SMILES string of the molecule is O=C(Nc1nc2c(s1)CN(C(=O)Cn1cnc3ccccc3c1=O)CC2)C1CC1. The Morgan fingerprint density at radius 2 is 2.07 bits per heavy atom. The van der Waals surface area contributed by atoms with Gasteiger partial charge in [0.15, 0.2) is 5.13 Å². The van der Waals surface area contributed by atoms with Gasteiger partial charge in [-0.25, -0.2) is 9.97 Å². The molecule has 1 fully saturated rings. The highest BCUT2D eigenvalue weighted by Crippen LogP contribution is 2.33. The molecule has 0 saturated heterocycles. The molecule has 8 nitrogen and oxygen atoms in total. The van der Waals surface area contributed by atoms with Crippen molar-refractivity contribution < 1.29 is 9.59 Å². The molecule has 5 rings (SSSR count). The molecule has 0 spiro atoms. The van der Waals surface area contributed by atoms with Gasteiger partial charge in [-0.2, -0.15) is 0 Å². The number of amides is 2. The lowest BCUT2D eigenvalue weighted by Gasteiger charge is -2.26. The lowest BCUT2D eigenvalue weighted by Crippen LogP contribution is -2.39. The number of nitrogens with one attached hydrogen (secondary N) is 1. The van der Waals surface area contributed by atoms with Gasteiger partial charge in [0.05, 0.1) is 29.5 Å². The molecule has 1 saturated carbocycles. The average molecular weight is 409 g/mol. The monoisotopic (exact) mass is 409 g/mol. The molecule has 2 amide bonds. The Morgan fingerprint density at radius 3 is 2.90 bits per heavy atom. The van der Waals surface area contributed by atoms with Crippen LogP contribution in [0.4, 0.5) is 5.13 Å². The van der Waals surface area contributed by atoms with E-state index in [4.69, 9.17) is 0 Å². The Kier molecular flexibility index (Phi) is 4.39. The van der Waals surface area contributed by atoms with Gasteiger partial charge in [-0.1, -0.05) is 23.5 Å². The number of thiazole rings is 1. The molecule has 0 atom stereocenters. The Morgan fingerprint density at radius 1 is 1.24 bits per heavy atom. The molecule has 148 valence electrons. The van der Waals surface area contributed by atoms with Crippen LogP contribution in [0.15, 0.2) is 35.4 Å². The quantitative estimate of drug-likeness (QED) is 0.709. The Labute approximate surface area is 170 Å². The van der Waals surface area contributed by atoms with Crippen molar-refractivity contribution in [3.8, 4) is 0 Å². The number of hydrogen-bond donors (Lipinski definition) is 1. The molecular weight excluding hydrogens is 390 g/mol. The zero-order chi connectivity index (χ0) is 20.0. The highest BCUT2D eigenvalue weighted by molar-refractivity contribution is 7.15. The van der Waals surface area contributed by atoms with Crippen molar-refractivity contribution in [3.63, 3.8) is 0 Å². The molecule has 1 aliphatic heterocycles. The van der Waals surface area contributed by atoms with E-state index in [0.29, 0.717) is 35.5 Å². The summed E-state index contributed by atoms with van der Waals surface area (Å²) in [6.07, 6.45) is 3.96. The van der Waals surface area contributed by atoms with Gasteiger partial charge in [0.2, 0.25) is 11.8 Å². The fraction of sp³-hybridized carbons (Fsp3) is 0.350. The van der Waals surface area contributed by atoms with Crippen LogP contribution in [0.25, 0.3) is 10.9 Å². The van der Waals surface area contributed by atoms with Crippen LogP contribution in [-0.2, 0) is 29.1 Å². The number of carbonyl (C=O) groups excluding carboxylic acids is 2. The Balaban J connectivity index is 1.29. The molecule has 2 aliphatic rings. The highest BCUT2D eigenvalue weighted by atomic mass is 32.1. The third kappa shape index (κ3) is 3.53. The third-order valence-corrected chi connectivity index (χ3v) is 6.30. The lowest BCUT2D eigenvalue weighted by atomic mass is 10.2. The average Bonchev–Trinajstić information content (AvgIpc) is 3.50. The minimum atomic E-state index is -0.218. The zero-order valence-corrected chi connectivity index (χ0v) is 16.4. The van der Waals surface area contributed by atoms with E-state index in [0.717, 1.165) is 23.4 Å². The Bertz CT molecular complexity index is 1180. The second-order valence-corrected chi connectivity index (χ2v) is 8.50. The summed E-state index contributed by atoms with van der Waals surface area (Å²) in [5.41, 5.74) is 1.34. The molecule has 2 aromatic heterocycles. The van der Waals surface area contributed by atoms with E-state index in [2.05, 4.69) is 15.3 Å². The molecule has 3 aromatic rings. The number of nitrogens with zero attached hydrogens (tertiary/aromatic N) is 4. The van der Waals surface area contributed by atoms with E-state index < -0.39 is 0 Å². The summed E-state index contributed by atoms with van der Waals surface area (Å²) in [4.78, 5) is 48.9. The predicted molar refractivity (Wildman–Crippen MR) is 109 cm³/mol. The standard InChI is InChI=1S/C20H19N5O3S/c26-17(10-25-11-21-14-4-2-1-3-13(14)19(25)28)24-8-7-15-16(9-24)29-20(22-15)23-18(27)12-5-6-12/h1-4,11-12H,5-10H2,(H,22,23,27). The summed E-state index contributed by atoms with van der Waals surface area (Å²) in [6, 6.07) is 7.10. The van der Waals surface area contributed by atoms with Crippen LogP contribution < -0.4 is 10.9 Å². The fourth-order valence-corrected chi connectivity index (χ4v) is 4.51. The third-order valence-electron chi connectivity index (χ3n) is 5.30. The summed E-state index contributed by atoms with van der Waals surface area (Å²) in [5.74, 6) is 0.0295. The van der Waals surface area contributed by atoms with E-state index in [-0.39, 0.29) is 29.8 Å². The largest absolute Gasteiger partial charge is 0.336 e. The van der Waals surface area contributed by atoms with E-state index >= 15 is 0 Å². The molecule has 0 bridgehead atoms. The van der Waals surface area contributed by atoms with Crippen molar-refractivity contribution in [2.24, 2.45) is 5.92 Å². The van der Waals surface area contributed by atoms with Crippen LogP contribution in [0.2, 0.25) is 0 Å². The first kappa shape index (κ1) is 18.0. The first-order valence-corrected chi connectivity index (χ1v) is 10.4. The first-order valence-electron chi connectivity index (χ1n) is 9.60. The van der Waals surface area contributed by atoms with Crippen LogP contribution in [0.5, 0.6) is 0 Å². The van der Waals surface area contributed by atoms with Crippen molar-refractivity contribution in [3.05, 3.63) is 51.5 Å². The van der Waals surface area contributed by atoms with Crippen molar-refractivity contribution >= 4 is 39.2 Å². The smallest absolute Gasteiger partial charge is 0.261 e. The molecule has 9 heteroatoms. The van der Waals surface area contributed by atoms with Crippen LogP contribution in [-0.4, -0.2) is 37.8 Å². The topological polar surface area (TPSA) is 97.2 Å². The van der Waals surface area contributed by atoms with Gasteiger partial charge >= 0.3 is 0 Å². The van der Waals surface area contributed by atoms with Gasteiger partial charge in [0.25, 0.3) is 5.56 Å². The maximum Gasteiger partial charge on any atom is 0.261 e. The number of hydrogen-bond acceptors (Lipinski definition) is 6. The maximum absolute atomic E-state index is 12.8. The number of carbonyl (C=O) groups is 2. The summed E-state index contributed by atoms with van der Waals surface area (Å²) in [6.45, 7) is 0.943. The molecule has 0 radical (unpaired) electrons. The molecule has 1 aliphatic carbocycles. The second-order valence-electron chi connectivity index (χ2n) is 7.41.